The molecule has 1 aromatic rings. The minimum Gasteiger partial charge on any atom is -0.352 e. The van der Waals surface area contributed by atoms with Crippen LogP contribution in [-0.2, 0) is 9.59 Å². The molecule has 152 valence electrons. The molecule has 1 saturated carbocycles. The zero-order valence-corrected chi connectivity index (χ0v) is 16.7. The van der Waals surface area contributed by atoms with Gasteiger partial charge in [-0.05, 0) is 64.3 Å². The summed E-state index contributed by atoms with van der Waals surface area (Å²) >= 11 is 0. The van der Waals surface area contributed by atoms with Gasteiger partial charge in [0, 0.05) is 30.4 Å². The predicted octanol–water partition coefficient (Wildman–Crippen LogP) is 1.85. The van der Waals surface area contributed by atoms with Crippen molar-refractivity contribution in [2.45, 2.75) is 51.6 Å². The molecule has 0 radical (unpaired) electrons. The van der Waals surface area contributed by atoms with E-state index in [9.17, 15) is 14.4 Å². The smallest absolute Gasteiger partial charge is 0.253 e. The van der Waals surface area contributed by atoms with E-state index < -0.39 is 0 Å². The van der Waals surface area contributed by atoms with Crippen LogP contribution in [0.3, 0.4) is 0 Å². The molecule has 3 rings (SSSR count). The number of nitrogens with one attached hydrogen (secondary N) is 2. The average molecular weight is 386 g/mol. The zero-order valence-electron chi connectivity index (χ0n) is 16.7. The van der Waals surface area contributed by atoms with Crippen LogP contribution in [0.4, 0.5) is 5.69 Å². The summed E-state index contributed by atoms with van der Waals surface area (Å²) in [6.07, 6.45) is 3.83. The maximum atomic E-state index is 12.5. The van der Waals surface area contributed by atoms with Crippen molar-refractivity contribution in [3.63, 3.8) is 0 Å². The molecule has 0 bridgehead atoms. The Kier molecular flexibility index (Phi) is 6.67. The number of anilines is 1. The summed E-state index contributed by atoms with van der Waals surface area (Å²) in [4.78, 5) is 41.1. The standard InChI is InChI=1S/C21H30N4O3/c1-3-24(4-2)21(28)15-7-5-8-17(13-15)22-19(26)14-25-12-6-9-18(25)20(27)23-16-10-11-16/h5,7-8,13,16,18H,3-4,6,9-12,14H2,1-2H3,(H,22,26)(H,23,27). The van der Waals surface area contributed by atoms with E-state index in [1.165, 1.54) is 0 Å². The molecule has 1 heterocycles. The summed E-state index contributed by atoms with van der Waals surface area (Å²) in [6, 6.07) is 7.12. The highest BCUT2D eigenvalue weighted by Crippen LogP contribution is 2.22. The topological polar surface area (TPSA) is 81.8 Å². The van der Waals surface area contributed by atoms with Gasteiger partial charge in [-0.25, -0.2) is 0 Å². The van der Waals surface area contributed by atoms with E-state index in [4.69, 9.17) is 0 Å². The second-order valence-corrected chi connectivity index (χ2v) is 7.52. The fourth-order valence-electron chi connectivity index (χ4n) is 3.65. The van der Waals surface area contributed by atoms with E-state index in [1.54, 1.807) is 29.2 Å². The molecule has 1 aliphatic heterocycles. The summed E-state index contributed by atoms with van der Waals surface area (Å²) < 4.78 is 0. The van der Waals surface area contributed by atoms with Crippen molar-refractivity contribution in [2.75, 3.05) is 31.5 Å². The fraction of sp³-hybridized carbons (Fsp3) is 0.571. The van der Waals surface area contributed by atoms with Gasteiger partial charge in [-0.3, -0.25) is 19.3 Å². The first-order valence-electron chi connectivity index (χ1n) is 10.3. The maximum Gasteiger partial charge on any atom is 0.253 e. The fourth-order valence-corrected chi connectivity index (χ4v) is 3.65. The highest BCUT2D eigenvalue weighted by molar-refractivity contribution is 5.97. The minimum absolute atomic E-state index is 0.0413. The van der Waals surface area contributed by atoms with E-state index in [0.29, 0.717) is 30.4 Å². The lowest BCUT2D eigenvalue weighted by molar-refractivity contribution is -0.126. The predicted molar refractivity (Wildman–Crippen MR) is 108 cm³/mol. The zero-order chi connectivity index (χ0) is 20.1. The number of rotatable bonds is 8. The molecule has 28 heavy (non-hydrogen) atoms. The molecular weight excluding hydrogens is 356 g/mol. The summed E-state index contributed by atoms with van der Waals surface area (Å²) in [6.45, 7) is 6.10. The van der Waals surface area contributed by atoms with E-state index in [2.05, 4.69) is 10.6 Å². The number of nitrogens with zero attached hydrogens (tertiary/aromatic N) is 2. The highest BCUT2D eigenvalue weighted by Gasteiger charge is 2.34. The Balaban J connectivity index is 1.57. The van der Waals surface area contributed by atoms with E-state index in [1.807, 2.05) is 18.7 Å². The van der Waals surface area contributed by atoms with Crippen molar-refractivity contribution in [3.05, 3.63) is 29.8 Å². The van der Waals surface area contributed by atoms with Crippen molar-refractivity contribution < 1.29 is 14.4 Å². The Morgan fingerprint density at radius 1 is 1.14 bits per heavy atom. The quantitative estimate of drug-likeness (QED) is 0.714. The third-order valence-electron chi connectivity index (χ3n) is 5.38. The average Bonchev–Trinajstić information content (AvgIpc) is 3.37. The molecular formula is C21H30N4O3. The van der Waals surface area contributed by atoms with Crippen LogP contribution in [0, 0.1) is 0 Å². The van der Waals surface area contributed by atoms with Crippen LogP contribution in [0.5, 0.6) is 0 Å². The van der Waals surface area contributed by atoms with E-state index in [-0.39, 0.29) is 30.3 Å². The lowest BCUT2D eigenvalue weighted by atomic mass is 10.1. The van der Waals surface area contributed by atoms with Crippen molar-refractivity contribution in [1.29, 1.82) is 0 Å². The van der Waals surface area contributed by atoms with Crippen LogP contribution in [0.2, 0.25) is 0 Å². The Bertz CT molecular complexity index is 728. The van der Waals surface area contributed by atoms with Crippen LogP contribution in [-0.4, -0.2) is 65.8 Å². The van der Waals surface area contributed by atoms with Crippen LogP contribution in [0.1, 0.15) is 49.9 Å². The molecule has 1 unspecified atom stereocenters. The summed E-state index contributed by atoms with van der Waals surface area (Å²) in [7, 11) is 0. The lowest BCUT2D eigenvalue weighted by Gasteiger charge is -2.23. The van der Waals surface area contributed by atoms with Crippen LogP contribution >= 0.6 is 0 Å². The Labute approximate surface area is 166 Å². The minimum atomic E-state index is -0.220. The third-order valence-corrected chi connectivity index (χ3v) is 5.38. The van der Waals surface area contributed by atoms with Gasteiger partial charge in [0.2, 0.25) is 11.8 Å². The van der Waals surface area contributed by atoms with Crippen LogP contribution < -0.4 is 10.6 Å². The molecule has 0 spiro atoms. The molecule has 7 nitrogen and oxygen atoms in total. The number of hydrogen-bond donors (Lipinski definition) is 2. The first-order chi connectivity index (χ1) is 13.5. The van der Waals surface area contributed by atoms with Gasteiger partial charge < -0.3 is 15.5 Å². The Morgan fingerprint density at radius 3 is 2.57 bits per heavy atom. The second-order valence-electron chi connectivity index (χ2n) is 7.52. The molecule has 3 amide bonds. The van der Waals surface area contributed by atoms with E-state index in [0.717, 1.165) is 32.2 Å². The van der Waals surface area contributed by atoms with Gasteiger partial charge in [-0.15, -0.1) is 0 Å². The van der Waals surface area contributed by atoms with Gasteiger partial charge in [-0.2, -0.15) is 0 Å². The van der Waals surface area contributed by atoms with Gasteiger partial charge in [0.15, 0.2) is 0 Å². The molecule has 2 fully saturated rings. The van der Waals surface area contributed by atoms with Crippen molar-refractivity contribution in [2.24, 2.45) is 0 Å². The Morgan fingerprint density at radius 2 is 1.89 bits per heavy atom. The lowest BCUT2D eigenvalue weighted by Crippen LogP contribution is -2.46. The largest absolute Gasteiger partial charge is 0.352 e. The Hall–Kier alpha value is -2.41. The SMILES string of the molecule is CCN(CC)C(=O)c1cccc(NC(=O)CN2CCCC2C(=O)NC2CC2)c1. The molecule has 0 aromatic heterocycles. The summed E-state index contributed by atoms with van der Waals surface area (Å²) in [5.74, 6) is -0.171. The summed E-state index contributed by atoms with van der Waals surface area (Å²) in [5.41, 5.74) is 1.16. The molecule has 1 aliphatic carbocycles. The molecule has 2 aliphatic rings. The second kappa shape index (κ2) is 9.19. The number of benzene rings is 1. The monoisotopic (exact) mass is 386 g/mol. The highest BCUT2D eigenvalue weighted by atomic mass is 16.2. The van der Waals surface area contributed by atoms with Crippen molar-refractivity contribution in [3.8, 4) is 0 Å². The van der Waals surface area contributed by atoms with Gasteiger partial charge in [0.1, 0.15) is 0 Å². The van der Waals surface area contributed by atoms with Gasteiger partial charge in [-0.1, -0.05) is 6.07 Å². The molecule has 1 atom stereocenters. The summed E-state index contributed by atoms with van der Waals surface area (Å²) in [5, 5.41) is 5.90. The number of carbonyl (C=O) groups is 3. The maximum absolute atomic E-state index is 12.5. The molecule has 2 N–H and O–H groups in total. The van der Waals surface area contributed by atoms with E-state index >= 15 is 0 Å². The van der Waals surface area contributed by atoms with Crippen LogP contribution in [0.25, 0.3) is 0 Å². The van der Waals surface area contributed by atoms with Gasteiger partial charge >= 0.3 is 0 Å². The van der Waals surface area contributed by atoms with Gasteiger partial charge in [0.25, 0.3) is 5.91 Å². The van der Waals surface area contributed by atoms with Crippen molar-refractivity contribution >= 4 is 23.4 Å². The molecule has 1 saturated heterocycles. The third kappa shape index (κ3) is 5.10. The first-order valence-corrected chi connectivity index (χ1v) is 10.3. The van der Waals surface area contributed by atoms with Gasteiger partial charge in [0.05, 0.1) is 12.6 Å². The number of carbonyl (C=O) groups excluding carboxylic acids is 3. The first kappa shape index (κ1) is 20.3. The van der Waals surface area contributed by atoms with Crippen LogP contribution in [0.15, 0.2) is 24.3 Å². The number of amides is 3. The molecule has 1 aromatic carbocycles. The number of likely N-dealkylation sites (tertiary alicyclic amines) is 1. The normalized spacial score (nSPS) is 19.3. The molecule has 7 heteroatoms. The number of hydrogen-bond acceptors (Lipinski definition) is 4. The van der Waals surface area contributed by atoms with Crippen molar-refractivity contribution in [1.82, 2.24) is 15.1 Å².